The zero-order valence-corrected chi connectivity index (χ0v) is 15.6. The van der Waals surface area contributed by atoms with E-state index in [2.05, 4.69) is 0 Å². The lowest BCUT2D eigenvalue weighted by Crippen LogP contribution is -2.54. The predicted molar refractivity (Wildman–Crippen MR) is 97.0 cm³/mol. The average molecular weight is 359 g/mol. The molecule has 0 spiro atoms. The van der Waals surface area contributed by atoms with E-state index in [1.54, 1.807) is 30.1 Å². The summed E-state index contributed by atoms with van der Waals surface area (Å²) in [5, 5.41) is 0. The van der Waals surface area contributed by atoms with E-state index in [-0.39, 0.29) is 23.8 Å². The van der Waals surface area contributed by atoms with Gasteiger partial charge in [-0.1, -0.05) is 26.8 Å². The van der Waals surface area contributed by atoms with Crippen LogP contribution in [0.1, 0.15) is 49.0 Å². The van der Waals surface area contributed by atoms with Gasteiger partial charge in [0.15, 0.2) is 0 Å². The molecule has 0 saturated heterocycles. The highest BCUT2D eigenvalue weighted by Gasteiger charge is 2.44. The van der Waals surface area contributed by atoms with Gasteiger partial charge in [-0.15, -0.1) is 0 Å². The van der Waals surface area contributed by atoms with Crippen molar-refractivity contribution in [1.82, 2.24) is 4.90 Å². The SMILES string of the molecule is CN1C[C@@H]2C[C@@H](C(N)=O)N(C(=O)OCC(C)(C)C)c3cccc(c32)C1=O. The van der Waals surface area contributed by atoms with Crippen molar-refractivity contribution in [3.8, 4) is 0 Å². The van der Waals surface area contributed by atoms with Crippen molar-refractivity contribution < 1.29 is 19.1 Å². The number of carbonyl (C=O) groups is 3. The molecule has 0 aliphatic carbocycles. The van der Waals surface area contributed by atoms with Gasteiger partial charge in [-0.05, 0) is 29.5 Å². The summed E-state index contributed by atoms with van der Waals surface area (Å²) < 4.78 is 5.44. The van der Waals surface area contributed by atoms with Crippen molar-refractivity contribution in [3.63, 3.8) is 0 Å². The number of primary amides is 1. The smallest absolute Gasteiger partial charge is 0.415 e. The van der Waals surface area contributed by atoms with Crippen LogP contribution in [0.4, 0.5) is 10.5 Å². The van der Waals surface area contributed by atoms with E-state index < -0.39 is 18.0 Å². The van der Waals surface area contributed by atoms with Gasteiger partial charge < -0.3 is 15.4 Å². The zero-order valence-electron chi connectivity index (χ0n) is 15.6. The molecule has 3 rings (SSSR count). The van der Waals surface area contributed by atoms with Crippen LogP contribution in [0.15, 0.2) is 18.2 Å². The summed E-state index contributed by atoms with van der Waals surface area (Å²) in [5.74, 6) is -0.694. The van der Waals surface area contributed by atoms with Crippen LogP contribution in [0.5, 0.6) is 0 Å². The molecule has 7 heteroatoms. The van der Waals surface area contributed by atoms with Gasteiger partial charge in [0.2, 0.25) is 5.91 Å². The fourth-order valence-corrected chi connectivity index (χ4v) is 3.64. The number of hydrogen-bond acceptors (Lipinski definition) is 4. The predicted octanol–water partition coefficient (Wildman–Crippen LogP) is 2.10. The molecule has 2 aliphatic heterocycles. The highest BCUT2D eigenvalue weighted by atomic mass is 16.6. The number of likely N-dealkylation sites (N-methyl/N-ethyl adjacent to an activating group) is 1. The maximum absolute atomic E-state index is 12.8. The third kappa shape index (κ3) is 3.13. The monoisotopic (exact) mass is 359 g/mol. The Morgan fingerprint density at radius 3 is 2.62 bits per heavy atom. The molecule has 26 heavy (non-hydrogen) atoms. The first kappa shape index (κ1) is 18.2. The minimum Gasteiger partial charge on any atom is -0.449 e. The van der Waals surface area contributed by atoms with Crippen LogP contribution in [0.2, 0.25) is 0 Å². The lowest BCUT2D eigenvalue weighted by Gasteiger charge is -2.43. The van der Waals surface area contributed by atoms with E-state index in [0.717, 1.165) is 5.56 Å². The standard InChI is InChI=1S/C19H25N3O4/c1-19(2,3)10-26-18(25)22-13-7-5-6-12-15(13)11(8-14(22)16(20)23)9-21(4)17(12)24/h5-7,11,14H,8-10H2,1-4H3,(H2,20,23)/t11-,14-/m0/s1. The molecule has 2 atom stereocenters. The first-order chi connectivity index (χ1) is 12.1. The molecule has 2 aliphatic rings. The van der Waals surface area contributed by atoms with Crippen LogP contribution in [-0.4, -0.2) is 49.0 Å². The van der Waals surface area contributed by atoms with Gasteiger partial charge in [0.25, 0.3) is 5.91 Å². The summed E-state index contributed by atoms with van der Waals surface area (Å²) in [6.07, 6.45) is -0.233. The van der Waals surface area contributed by atoms with E-state index in [4.69, 9.17) is 10.5 Å². The number of rotatable bonds is 2. The number of benzene rings is 1. The highest BCUT2D eigenvalue weighted by molar-refractivity contribution is 6.04. The van der Waals surface area contributed by atoms with Gasteiger partial charge in [-0.25, -0.2) is 4.79 Å². The summed E-state index contributed by atoms with van der Waals surface area (Å²) in [5.41, 5.74) is 7.32. The molecule has 1 aromatic carbocycles. The minimum atomic E-state index is -0.795. The normalized spacial score (nSPS) is 22.1. The highest BCUT2D eigenvalue weighted by Crippen LogP contribution is 2.43. The van der Waals surface area contributed by atoms with Crippen molar-refractivity contribution in [2.45, 2.75) is 39.2 Å². The lowest BCUT2D eigenvalue weighted by molar-refractivity contribution is -0.119. The number of nitrogens with two attached hydrogens (primary N) is 1. The number of nitrogens with zero attached hydrogens (tertiary/aromatic N) is 2. The van der Waals surface area contributed by atoms with E-state index >= 15 is 0 Å². The van der Waals surface area contributed by atoms with Crippen LogP contribution in [0, 0.1) is 5.41 Å². The van der Waals surface area contributed by atoms with Gasteiger partial charge in [-0.2, -0.15) is 0 Å². The van der Waals surface area contributed by atoms with Crippen molar-refractivity contribution in [1.29, 1.82) is 0 Å². The lowest BCUT2D eigenvalue weighted by atomic mass is 9.80. The van der Waals surface area contributed by atoms with Crippen molar-refractivity contribution in [2.75, 3.05) is 25.1 Å². The fraction of sp³-hybridized carbons (Fsp3) is 0.526. The Bertz CT molecular complexity index is 769. The third-order valence-electron chi connectivity index (χ3n) is 4.80. The largest absolute Gasteiger partial charge is 0.449 e. The number of amides is 3. The van der Waals surface area contributed by atoms with Crippen molar-refractivity contribution in [2.24, 2.45) is 11.1 Å². The summed E-state index contributed by atoms with van der Waals surface area (Å²) in [7, 11) is 1.74. The number of ether oxygens (including phenoxy) is 1. The molecule has 0 saturated carbocycles. The van der Waals surface area contributed by atoms with Crippen LogP contribution < -0.4 is 10.6 Å². The first-order valence-electron chi connectivity index (χ1n) is 8.74. The second-order valence-corrected chi connectivity index (χ2v) is 8.26. The maximum Gasteiger partial charge on any atom is 0.415 e. The van der Waals surface area contributed by atoms with Crippen LogP contribution in [0.25, 0.3) is 0 Å². The Labute approximate surface area is 153 Å². The summed E-state index contributed by atoms with van der Waals surface area (Å²) in [6, 6.07) is 4.43. The molecule has 0 radical (unpaired) electrons. The molecular weight excluding hydrogens is 334 g/mol. The summed E-state index contributed by atoms with van der Waals surface area (Å²) in [4.78, 5) is 40.3. The van der Waals surface area contributed by atoms with Crippen molar-refractivity contribution in [3.05, 3.63) is 29.3 Å². The van der Waals surface area contributed by atoms with Crippen molar-refractivity contribution >= 4 is 23.6 Å². The molecule has 3 amide bonds. The summed E-state index contributed by atoms with van der Waals surface area (Å²) >= 11 is 0. The molecule has 2 N–H and O–H groups in total. The quantitative estimate of drug-likeness (QED) is 0.875. The van der Waals surface area contributed by atoms with Crippen LogP contribution >= 0.6 is 0 Å². The molecule has 0 fully saturated rings. The van der Waals surface area contributed by atoms with Crippen LogP contribution in [0.3, 0.4) is 0 Å². The van der Waals surface area contributed by atoms with E-state index in [1.165, 1.54) is 4.90 Å². The van der Waals surface area contributed by atoms with Gasteiger partial charge in [0.05, 0.1) is 12.3 Å². The zero-order chi connectivity index (χ0) is 19.2. The molecular formula is C19H25N3O4. The summed E-state index contributed by atoms with van der Waals surface area (Å²) in [6.45, 7) is 6.58. The molecule has 0 unspecified atom stereocenters. The molecule has 7 nitrogen and oxygen atoms in total. The average Bonchev–Trinajstić information content (AvgIpc) is 2.56. The molecule has 140 valence electrons. The van der Waals surface area contributed by atoms with E-state index in [9.17, 15) is 14.4 Å². The maximum atomic E-state index is 12.8. The second kappa shape index (κ2) is 6.30. The fourth-order valence-electron chi connectivity index (χ4n) is 3.64. The molecule has 0 aromatic heterocycles. The Kier molecular flexibility index (Phi) is 4.42. The molecule has 2 heterocycles. The molecule has 0 bridgehead atoms. The Morgan fingerprint density at radius 1 is 1.31 bits per heavy atom. The Morgan fingerprint density at radius 2 is 2.00 bits per heavy atom. The topological polar surface area (TPSA) is 92.9 Å². The van der Waals surface area contributed by atoms with Crippen LogP contribution in [-0.2, 0) is 9.53 Å². The number of anilines is 1. The van der Waals surface area contributed by atoms with Gasteiger partial charge in [-0.3, -0.25) is 14.5 Å². The number of hydrogen-bond donors (Lipinski definition) is 1. The van der Waals surface area contributed by atoms with E-state index in [1.807, 2.05) is 20.8 Å². The van der Waals surface area contributed by atoms with Gasteiger partial charge >= 0.3 is 6.09 Å². The Balaban J connectivity index is 2.05. The first-order valence-corrected chi connectivity index (χ1v) is 8.74. The van der Waals surface area contributed by atoms with Gasteiger partial charge in [0, 0.05) is 25.1 Å². The second-order valence-electron chi connectivity index (χ2n) is 8.26. The van der Waals surface area contributed by atoms with E-state index in [0.29, 0.717) is 24.2 Å². The number of carbonyl (C=O) groups excluding carboxylic acids is 3. The minimum absolute atomic E-state index is 0.0342. The third-order valence-corrected chi connectivity index (χ3v) is 4.80. The Hall–Kier alpha value is -2.57. The van der Waals surface area contributed by atoms with Gasteiger partial charge in [0.1, 0.15) is 6.04 Å². The molecule has 1 aromatic rings.